The van der Waals surface area contributed by atoms with Crippen LogP contribution in [0.3, 0.4) is 0 Å². The van der Waals surface area contributed by atoms with E-state index in [-0.39, 0.29) is 81.1 Å². The molecule has 2 heterocycles. The second kappa shape index (κ2) is 10.2. The predicted octanol–water partition coefficient (Wildman–Crippen LogP) is 4.63. The molecule has 38 heavy (non-hydrogen) atoms. The van der Waals surface area contributed by atoms with Crippen molar-refractivity contribution >= 4 is 17.5 Å². The fraction of sp³-hybridized carbons (Fsp3) is 0.654. The molecule has 2 amide bonds. The van der Waals surface area contributed by atoms with Gasteiger partial charge in [-0.2, -0.15) is 10.4 Å². The molecule has 12 heteroatoms. The SMILES string of the molecule is N#CCC(=O)N[C@H](c1cn2ncc(C(NC(=O)CC3CC(F)(F)C3)C3CC3)cc2n1)C1CCC(F)(F)CC1. The van der Waals surface area contributed by atoms with Gasteiger partial charge in [0.15, 0.2) is 5.65 Å². The van der Waals surface area contributed by atoms with Gasteiger partial charge in [0.05, 0.1) is 36.2 Å². The molecule has 2 aromatic rings. The van der Waals surface area contributed by atoms with Crippen molar-refractivity contribution in [1.29, 1.82) is 5.26 Å². The third-order valence-electron chi connectivity index (χ3n) is 7.89. The van der Waals surface area contributed by atoms with E-state index in [1.165, 1.54) is 4.52 Å². The summed E-state index contributed by atoms with van der Waals surface area (Å²) in [5, 5.41) is 19.1. The average molecular weight is 535 g/mol. The lowest BCUT2D eigenvalue weighted by Gasteiger charge is -2.34. The zero-order valence-electron chi connectivity index (χ0n) is 20.8. The molecular weight excluding hydrogens is 504 g/mol. The summed E-state index contributed by atoms with van der Waals surface area (Å²) in [4.78, 5) is 29.5. The minimum absolute atomic E-state index is 0.0620. The van der Waals surface area contributed by atoms with Crippen molar-refractivity contribution < 1.29 is 27.2 Å². The monoisotopic (exact) mass is 534 g/mol. The number of aromatic nitrogens is 3. The van der Waals surface area contributed by atoms with Gasteiger partial charge in [0.1, 0.15) is 6.42 Å². The Morgan fingerprint density at radius 3 is 2.32 bits per heavy atom. The quantitative estimate of drug-likeness (QED) is 0.456. The van der Waals surface area contributed by atoms with Crippen molar-refractivity contribution in [3.05, 3.63) is 29.7 Å². The smallest absolute Gasteiger partial charge is 0.248 e. The Morgan fingerprint density at radius 1 is 1.03 bits per heavy atom. The Morgan fingerprint density at radius 2 is 1.68 bits per heavy atom. The van der Waals surface area contributed by atoms with Gasteiger partial charge in [0.25, 0.3) is 0 Å². The summed E-state index contributed by atoms with van der Waals surface area (Å²) in [5.74, 6) is -6.51. The molecule has 0 radical (unpaired) electrons. The Bertz CT molecular complexity index is 1240. The molecule has 2 aromatic heterocycles. The summed E-state index contributed by atoms with van der Waals surface area (Å²) in [6, 6.07) is 2.64. The molecule has 0 aromatic carbocycles. The van der Waals surface area contributed by atoms with Crippen LogP contribution >= 0.6 is 0 Å². The minimum Gasteiger partial charge on any atom is -0.349 e. The van der Waals surface area contributed by atoms with Crippen molar-refractivity contribution in [3.63, 3.8) is 0 Å². The molecule has 3 aliphatic rings. The first kappa shape index (κ1) is 26.4. The number of amides is 2. The van der Waals surface area contributed by atoms with Crippen molar-refractivity contribution in [3.8, 4) is 6.07 Å². The number of nitrogens with zero attached hydrogens (tertiary/aromatic N) is 4. The van der Waals surface area contributed by atoms with Crippen LogP contribution in [0.5, 0.6) is 0 Å². The van der Waals surface area contributed by atoms with E-state index in [9.17, 15) is 27.2 Å². The van der Waals surface area contributed by atoms with E-state index in [0.29, 0.717) is 11.3 Å². The normalized spacial score (nSPS) is 22.7. The van der Waals surface area contributed by atoms with Crippen molar-refractivity contribution in [2.75, 3.05) is 0 Å². The van der Waals surface area contributed by atoms with Crippen LogP contribution in [0.25, 0.3) is 5.65 Å². The topological polar surface area (TPSA) is 112 Å². The Kier molecular flexibility index (Phi) is 7.05. The number of alkyl halides is 4. The van der Waals surface area contributed by atoms with E-state index in [1.54, 1.807) is 24.5 Å². The maximum absolute atomic E-state index is 13.8. The highest BCUT2D eigenvalue weighted by atomic mass is 19.3. The van der Waals surface area contributed by atoms with E-state index in [0.717, 1.165) is 18.4 Å². The fourth-order valence-electron chi connectivity index (χ4n) is 5.68. The molecule has 2 atom stereocenters. The number of nitriles is 1. The lowest BCUT2D eigenvalue weighted by molar-refractivity contribution is -0.134. The molecule has 8 nitrogen and oxygen atoms in total. The molecular formula is C26H30F4N6O2. The molecule has 0 aliphatic heterocycles. The van der Waals surface area contributed by atoms with E-state index in [2.05, 4.69) is 20.7 Å². The van der Waals surface area contributed by atoms with Crippen LogP contribution in [-0.4, -0.2) is 38.3 Å². The van der Waals surface area contributed by atoms with Crippen LogP contribution in [-0.2, 0) is 9.59 Å². The number of fused-ring (bicyclic) bond motifs is 1. The van der Waals surface area contributed by atoms with Gasteiger partial charge >= 0.3 is 0 Å². The summed E-state index contributed by atoms with van der Waals surface area (Å²) in [7, 11) is 0. The molecule has 0 saturated heterocycles. The minimum atomic E-state index is -2.73. The largest absolute Gasteiger partial charge is 0.349 e. The molecule has 3 fully saturated rings. The summed E-state index contributed by atoms with van der Waals surface area (Å²) in [6.07, 6.45) is 4.18. The lowest BCUT2D eigenvalue weighted by atomic mass is 9.79. The summed E-state index contributed by atoms with van der Waals surface area (Å²) in [5.41, 5.74) is 1.68. The molecule has 1 unspecified atom stereocenters. The van der Waals surface area contributed by atoms with E-state index in [4.69, 9.17) is 5.26 Å². The molecule has 204 valence electrons. The summed E-state index contributed by atoms with van der Waals surface area (Å²) in [6.45, 7) is 0. The van der Waals surface area contributed by atoms with Crippen molar-refractivity contribution in [2.45, 2.75) is 88.1 Å². The van der Waals surface area contributed by atoms with E-state index in [1.807, 2.05) is 0 Å². The van der Waals surface area contributed by atoms with Gasteiger partial charge in [0.2, 0.25) is 23.7 Å². The highest BCUT2D eigenvalue weighted by Gasteiger charge is 2.46. The van der Waals surface area contributed by atoms with Crippen LogP contribution in [0.15, 0.2) is 18.5 Å². The van der Waals surface area contributed by atoms with Gasteiger partial charge in [-0.3, -0.25) is 9.59 Å². The predicted molar refractivity (Wildman–Crippen MR) is 127 cm³/mol. The van der Waals surface area contributed by atoms with Gasteiger partial charge in [0, 0.05) is 32.1 Å². The number of imidazole rings is 1. The first-order chi connectivity index (χ1) is 18.0. The number of nitrogens with one attached hydrogen (secondary N) is 2. The van der Waals surface area contributed by atoms with Gasteiger partial charge in [-0.1, -0.05) is 0 Å². The zero-order chi connectivity index (χ0) is 27.1. The van der Waals surface area contributed by atoms with Crippen LogP contribution in [0.1, 0.15) is 87.5 Å². The number of hydrogen-bond donors (Lipinski definition) is 2. The molecule has 0 bridgehead atoms. The maximum atomic E-state index is 13.8. The van der Waals surface area contributed by atoms with E-state index < -0.39 is 23.8 Å². The van der Waals surface area contributed by atoms with Crippen LogP contribution in [0.4, 0.5) is 17.6 Å². The molecule has 0 spiro atoms. The molecule has 5 rings (SSSR count). The maximum Gasteiger partial charge on any atom is 0.248 e. The fourth-order valence-corrected chi connectivity index (χ4v) is 5.68. The molecule has 3 saturated carbocycles. The van der Waals surface area contributed by atoms with Gasteiger partial charge < -0.3 is 10.6 Å². The number of hydrogen-bond acceptors (Lipinski definition) is 5. The van der Waals surface area contributed by atoms with Crippen molar-refractivity contribution in [2.24, 2.45) is 17.8 Å². The summed E-state index contributed by atoms with van der Waals surface area (Å²) >= 11 is 0. The Hall–Kier alpha value is -3.23. The first-order valence-corrected chi connectivity index (χ1v) is 13.1. The number of carbonyl (C=O) groups excluding carboxylic acids is 2. The van der Waals surface area contributed by atoms with Gasteiger partial charge in [-0.25, -0.2) is 27.1 Å². The Labute approximate surface area is 217 Å². The highest BCUT2D eigenvalue weighted by Crippen LogP contribution is 2.45. The third-order valence-corrected chi connectivity index (χ3v) is 7.89. The zero-order valence-corrected chi connectivity index (χ0v) is 20.8. The highest BCUT2D eigenvalue weighted by molar-refractivity contribution is 5.78. The summed E-state index contributed by atoms with van der Waals surface area (Å²) < 4.78 is 55.4. The number of carbonyl (C=O) groups is 2. The van der Waals surface area contributed by atoms with Crippen LogP contribution < -0.4 is 10.6 Å². The first-order valence-electron chi connectivity index (χ1n) is 13.1. The molecule has 2 N–H and O–H groups in total. The van der Waals surface area contributed by atoms with Crippen LogP contribution in [0, 0.1) is 29.1 Å². The second-order valence-electron chi connectivity index (χ2n) is 11.0. The van der Waals surface area contributed by atoms with Gasteiger partial charge in [-0.15, -0.1) is 0 Å². The van der Waals surface area contributed by atoms with E-state index >= 15 is 0 Å². The van der Waals surface area contributed by atoms with Crippen LogP contribution in [0.2, 0.25) is 0 Å². The average Bonchev–Trinajstić information content (AvgIpc) is 3.58. The van der Waals surface area contributed by atoms with Crippen molar-refractivity contribution in [1.82, 2.24) is 25.2 Å². The number of halogens is 4. The third kappa shape index (κ3) is 6.08. The lowest BCUT2D eigenvalue weighted by Crippen LogP contribution is -2.39. The Balaban J connectivity index is 1.34. The second-order valence-corrected chi connectivity index (χ2v) is 11.0. The molecule has 3 aliphatic carbocycles. The number of rotatable bonds is 9. The standard InChI is InChI=1S/C26H30F4N6O2/c27-25(28)6-3-17(4-7-25)24(34-21(37)5-8-31)19-14-36-20(33-19)10-18(13-32-36)23(16-1-2-16)35-22(38)9-15-11-26(29,30)12-15/h10,13-17,23-24H,1-7,9,11-12H2,(H,34,37)(H,35,38)/t23?,24-/m0/s1. The van der Waals surface area contributed by atoms with Gasteiger partial charge in [-0.05, 0) is 55.1 Å².